The van der Waals surface area contributed by atoms with Gasteiger partial charge in [0.05, 0.1) is 0 Å². The van der Waals surface area contributed by atoms with Gasteiger partial charge in [-0.05, 0) is 60.2 Å². The third-order valence-corrected chi connectivity index (χ3v) is 12.3. The summed E-state index contributed by atoms with van der Waals surface area (Å²) >= 11 is 0. The van der Waals surface area contributed by atoms with Crippen molar-refractivity contribution >= 4 is 13.9 Å². The summed E-state index contributed by atoms with van der Waals surface area (Å²) in [6.45, 7) is 26.3. The van der Waals surface area contributed by atoms with Crippen LogP contribution >= 0.6 is 0 Å². The van der Waals surface area contributed by atoms with Crippen LogP contribution in [0.4, 0.5) is 0 Å². The Kier molecular flexibility index (Phi) is 12.3. The molecule has 2 aliphatic rings. The van der Waals surface area contributed by atoms with Crippen LogP contribution in [0.15, 0.2) is 36.2 Å². The molecule has 10 radical (unpaired) electrons. The molecule has 0 N–H and O–H groups in total. The molecule has 0 aromatic heterocycles. The van der Waals surface area contributed by atoms with Crippen LogP contribution in [0.5, 0.6) is 0 Å². The predicted octanol–water partition coefficient (Wildman–Crippen LogP) is 6.98. The molecule has 35 heavy (non-hydrogen) atoms. The third-order valence-electron chi connectivity index (χ3n) is 7.78. The first-order valence-corrected chi connectivity index (χ1v) is 15.0. The van der Waals surface area contributed by atoms with E-state index >= 15 is 0 Å². The summed E-state index contributed by atoms with van der Waals surface area (Å²) in [4.78, 5) is 1.70. The first-order chi connectivity index (χ1) is 15.7. The van der Waals surface area contributed by atoms with Gasteiger partial charge >= 0.3 is 0 Å². The summed E-state index contributed by atoms with van der Waals surface area (Å²) in [5.74, 6) is 7.34. The number of allylic oxidation sites excluding steroid dienone is 1. The quantitative estimate of drug-likeness (QED) is 0.233. The normalized spacial score (nSPS) is 21.0. The maximum Gasteiger partial charge on any atom is 0.235 e. The van der Waals surface area contributed by atoms with Crippen molar-refractivity contribution in [1.82, 2.24) is 4.90 Å². The van der Waals surface area contributed by atoms with Crippen LogP contribution < -0.4 is 10.0 Å². The molecule has 0 bridgehead atoms. The van der Waals surface area contributed by atoms with Crippen molar-refractivity contribution in [2.24, 2.45) is 0 Å². The van der Waals surface area contributed by atoms with Gasteiger partial charge in [-0.15, -0.1) is 4.90 Å². The van der Waals surface area contributed by atoms with Gasteiger partial charge in [0, 0.05) is 35.5 Å². The zero-order valence-electron chi connectivity index (χ0n) is 23.4. The fraction of sp³-hybridized carbons (Fsp3) is 0.433. The Bertz CT molecular complexity index is 759. The molecule has 1 aliphatic carbocycles. The molecule has 1 aromatic carbocycles. The van der Waals surface area contributed by atoms with Gasteiger partial charge in [-0.2, -0.15) is 0 Å². The van der Waals surface area contributed by atoms with E-state index in [9.17, 15) is 5.11 Å². The van der Waals surface area contributed by atoms with Crippen molar-refractivity contribution in [3.05, 3.63) is 96.8 Å². The molecule has 0 amide bonds. The number of hydrogen-bond acceptors (Lipinski definition) is 3. The van der Waals surface area contributed by atoms with Crippen molar-refractivity contribution in [3.8, 4) is 0 Å². The monoisotopic (exact) mass is 533 g/mol. The van der Waals surface area contributed by atoms with Crippen LogP contribution in [0.3, 0.4) is 0 Å². The Labute approximate surface area is 228 Å². The molecule has 0 atom stereocenters. The molecule has 1 heterocycles. The van der Waals surface area contributed by atoms with Crippen molar-refractivity contribution in [2.75, 3.05) is 6.61 Å². The van der Waals surface area contributed by atoms with Crippen molar-refractivity contribution < 1.29 is 26.6 Å². The average molecular weight is 534 g/mol. The van der Waals surface area contributed by atoms with Gasteiger partial charge < -0.3 is 9.53 Å². The molecule has 2 fully saturated rings. The summed E-state index contributed by atoms with van der Waals surface area (Å²) in [5, 5.41) is 13.0. The van der Waals surface area contributed by atoms with Gasteiger partial charge in [0.1, 0.15) is 12.5 Å². The van der Waals surface area contributed by atoms with Gasteiger partial charge in [-0.1, -0.05) is 85.7 Å². The molecule has 1 aromatic rings. The molecular formula is C30H43FeNO2Si. The van der Waals surface area contributed by atoms with Crippen LogP contribution in [0.25, 0.3) is 5.57 Å². The molecule has 1 saturated heterocycles. The average Bonchev–Trinajstić information content (AvgIpc) is 3.33. The third kappa shape index (κ3) is 7.95. The molecule has 3 rings (SSSR count). The van der Waals surface area contributed by atoms with Gasteiger partial charge in [0.2, 0.25) is 6.04 Å². The van der Waals surface area contributed by atoms with E-state index < -0.39 is 8.32 Å². The minimum atomic E-state index is -1.84. The van der Waals surface area contributed by atoms with E-state index in [2.05, 4.69) is 68.5 Å². The Balaban J connectivity index is 0.000000468. The molecule has 3 nitrogen and oxygen atoms in total. The van der Waals surface area contributed by atoms with Crippen LogP contribution in [0, 0.1) is 55.0 Å². The van der Waals surface area contributed by atoms with Crippen LogP contribution in [0.2, 0.25) is 18.1 Å². The molecular weight excluding hydrogens is 490 g/mol. The van der Waals surface area contributed by atoms with E-state index in [1.165, 1.54) is 29.6 Å². The molecule has 0 spiro atoms. The minimum absolute atomic E-state index is 0. The summed E-state index contributed by atoms with van der Waals surface area (Å²) < 4.78 is 6.27. The summed E-state index contributed by atoms with van der Waals surface area (Å²) in [6.07, 6.45) is 3.86. The predicted molar refractivity (Wildman–Crippen MR) is 145 cm³/mol. The fourth-order valence-corrected chi connectivity index (χ4v) is 4.54. The van der Waals surface area contributed by atoms with E-state index in [4.69, 9.17) is 4.43 Å². The minimum Gasteiger partial charge on any atom is -0.827 e. The Morgan fingerprint density at radius 2 is 1.34 bits per heavy atom. The number of nitrogens with zero attached hydrogens (tertiary/aromatic N) is 1. The van der Waals surface area contributed by atoms with Crippen LogP contribution in [0.1, 0.15) is 67.9 Å². The second-order valence-electron chi connectivity index (χ2n) is 10.8. The van der Waals surface area contributed by atoms with Crippen molar-refractivity contribution in [1.29, 1.82) is 0 Å². The van der Waals surface area contributed by atoms with Crippen LogP contribution in [-0.2, 0) is 21.5 Å². The van der Waals surface area contributed by atoms with Crippen LogP contribution in [-0.4, -0.2) is 14.9 Å². The SMILES string of the molecule is C/C(=C(/[O-])[N+]1[CH][CH][CH][C]1CO[Si](C)(C)C(C)(C)C)c1ccccc1.C[C]1[C](C)[C](C)[C](C)[C]1C.[Fe]. The number of likely N-dealkylation sites (tertiary alicyclic amines) is 1. The molecule has 1 saturated carbocycles. The van der Waals surface area contributed by atoms with Gasteiger partial charge in [0.25, 0.3) is 0 Å². The van der Waals surface area contributed by atoms with Crippen molar-refractivity contribution in [2.45, 2.75) is 80.4 Å². The van der Waals surface area contributed by atoms with E-state index in [1.807, 2.05) is 56.6 Å². The zero-order valence-corrected chi connectivity index (χ0v) is 25.5. The van der Waals surface area contributed by atoms with Gasteiger partial charge in [0.15, 0.2) is 14.9 Å². The Morgan fingerprint density at radius 1 is 0.886 bits per heavy atom. The molecule has 0 unspecified atom stereocenters. The summed E-state index contributed by atoms with van der Waals surface area (Å²) in [7, 11) is -1.84. The first-order valence-electron chi connectivity index (χ1n) is 12.1. The zero-order chi connectivity index (χ0) is 25.8. The maximum absolute atomic E-state index is 12.8. The number of hydrogen-bond donors (Lipinski definition) is 0. The number of benzene rings is 1. The second kappa shape index (κ2) is 13.3. The molecule has 1 aliphatic heterocycles. The van der Waals surface area contributed by atoms with E-state index in [1.54, 1.807) is 4.90 Å². The van der Waals surface area contributed by atoms with Gasteiger partial charge in [-0.3, -0.25) is 0 Å². The fourth-order valence-electron chi connectivity index (χ4n) is 3.60. The Morgan fingerprint density at radius 3 is 1.77 bits per heavy atom. The topological polar surface area (TPSA) is 38.2 Å². The maximum atomic E-state index is 12.8. The van der Waals surface area contributed by atoms with E-state index in [0.29, 0.717) is 6.61 Å². The largest absolute Gasteiger partial charge is 0.827 e. The summed E-state index contributed by atoms with van der Waals surface area (Å²) in [6, 6.07) is 10.7. The molecule has 192 valence electrons. The van der Waals surface area contributed by atoms with E-state index in [-0.39, 0.29) is 28.0 Å². The van der Waals surface area contributed by atoms with Crippen molar-refractivity contribution in [3.63, 3.8) is 0 Å². The van der Waals surface area contributed by atoms with E-state index in [0.717, 1.165) is 17.2 Å². The molecule has 5 heteroatoms. The standard InChI is InChI=1S/C20H29NO2Si.C10H15.Fe/c1-16(17-11-8-7-9-12-17)19(22)21-14-10-13-18(21)15-23-24(5,6)20(2,3)4;1-6-7(2)9(4)10(5)8(6)3;/h7-14,22H,15H2,1-6H3;1-5H3;/q+1;;/p-1/b19-16-;;. The second-order valence-corrected chi connectivity index (χ2v) is 15.6. The van der Waals surface area contributed by atoms with Gasteiger partial charge in [-0.25, -0.2) is 0 Å². The number of rotatable bonds is 5. The first kappa shape index (κ1) is 32.4. The smallest absolute Gasteiger partial charge is 0.235 e. The summed E-state index contributed by atoms with van der Waals surface area (Å²) in [5.41, 5.74) is 1.69. The Hall–Kier alpha value is -0.584.